The van der Waals surface area contributed by atoms with Gasteiger partial charge in [-0.15, -0.1) is 0 Å². The van der Waals surface area contributed by atoms with Crippen molar-refractivity contribution in [1.29, 1.82) is 0 Å². The fourth-order valence-corrected chi connectivity index (χ4v) is 2.63. The van der Waals surface area contributed by atoms with Crippen LogP contribution in [-0.4, -0.2) is 33.8 Å². The van der Waals surface area contributed by atoms with E-state index in [1.807, 2.05) is 4.68 Å². The van der Waals surface area contributed by atoms with Gasteiger partial charge in [-0.3, -0.25) is 9.58 Å². The highest BCUT2D eigenvalue weighted by Crippen LogP contribution is 2.22. The van der Waals surface area contributed by atoms with E-state index in [1.165, 1.54) is 18.5 Å². The van der Waals surface area contributed by atoms with Gasteiger partial charge in [-0.25, -0.2) is 0 Å². The lowest BCUT2D eigenvalue weighted by Gasteiger charge is -2.37. The molecule has 1 aromatic rings. The summed E-state index contributed by atoms with van der Waals surface area (Å²) < 4.78 is 2.03. The van der Waals surface area contributed by atoms with E-state index in [0.29, 0.717) is 18.0 Å². The first-order valence-electron chi connectivity index (χ1n) is 7.08. The number of hydrogen-bond acceptors (Lipinski definition) is 3. The van der Waals surface area contributed by atoms with Crippen LogP contribution >= 0.6 is 0 Å². The van der Waals surface area contributed by atoms with Crippen LogP contribution in [0.3, 0.4) is 0 Å². The van der Waals surface area contributed by atoms with E-state index in [2.05, 4.69) is 43.0 Å². The van der Waals surface area contributed by atoms with Gasteiger partial charge in [-0.05, 0) is 52.1 Å². The highest BCUT2D eigenvalue weighted by Gasteiger charge is 2.25. The molecule has 0 aromatic carbocycles. The van der Waals surface area contributed by atoms with E-state index in [4.69, 9.17) is 5.73 Å². The van der Waals surface area contributed by atoms with Gasteiger partial charge in [0.15, 0.2) is 0 Å². The van der Waals surface area contributed by atoms with Gasteiger partial charge < -0.3 is 5.73 Å². The topological polar surface area (TPSA) is 47.1 Å². The van der Waals surface area contributed by atoms with Gasteiger partial charge in [0, 0.05) is 31.4 Å². The highest BCUT2D eigenvalue weighted by atomic mass is 15.3. The van der Waals surface area contributed by atoms with E-state index >= 15 is 0 Å². The second-order valence-corrected chi connectivity index (χ2v) is 5.84. The Morgan fingerprint density at radius 2 is 2.22 bits per heavy atom. The standard InChI is InChI=1S/C14H26N4/c1-11(2)18-7-6-14(16-18)10-17-9-13(8-15)5-4-12(17)3/h6-7,11-13H,4-5,8-10,15H2,1-3H3. The lowest BCUT2D eigenvalue weighted by molar-refractivity contribution is 0.111. The molecule has 2 atom stereocenters. The molecule has 1 aliphatic heterocycles. The Hall–Kier alpha value is -0.870. The van der Waals surface area contributed by atoms with Crippen molar-refractivity contribution in [3.8, 4) is 0 Å². The van der Waals surface area contributed by atoms with Gasteiger partial charge in [-0.1, -0.05) is 0 Å². The van der Waals surface area contributed by atoms with Gasteiger partial charge in [0.2, 0.25) is 0 Å². The summed E-state index contributed by atoms with van der Waals surface area (Å²) in [5, 5.41) is 4.63. The van der Waals surface area contributed by atoms with Crippen LogP contribution in [0.4, 0.5) is 0 Å². The van der Waals surface area contributed by atoms with Crippen molar-refractivity contribution in [2.45, 2.75) is 52.2 Å². The van der Waals surface area contributed by atoms with Crippen LogP contribution in [0, 0.1) is 5.92 Å². The molecule has 1 fully saturated rings. The predicted octanol–water partition coefficient (Wildman–Crippen LogP) is 2.02. The van der Waals surface area contributed by atoms with Gasteiger partial charge in [0.25, 0.3) is 0 Å². The Morgan fingerprint density at radius 1 is 1.44 bits per heavy atom. The maximum Gasteiger partial charge on any atom is 0.0764 e. The first-order chi connectivity index (χ1) is 8.60. The van der Waals surface area contributed by atoms with Crippen molar-refractivity contribution < 1.29 is 0 Å². The predicted molar refractivity (Wildman–Crippen MR) is 74.3 cm³/mol. The Bertz CT molecular complexity index is 372. The SMILES string of the molecule is CC1CCC(CN)CN1Cc1ccn(C(C)C)n1. The van der Waals surface area contributed by atoms with Crippen molar-refractivity contribution in [1.82, 2.24) is 14.7 Å². The van der Waals surface area contributed by atoms with E-state index in [0.717, 1.165) is 19.6 Å². The third-order valence-electron chi connectivity index (χ3n) is 4.00. The Labute approximate surface area is 110 Å². The minimum Gasteiger partial charge on any atom is -0.330 e. The molecule has 0 spiro atoms. The first-order valence-corrected chi connectivity index (χ1v) is 7.08. The van der Waals surface area contributed by atoms with Crippen LogP contribution < -0.4 is 5.73 Å². The lowest BCUT2D eigenvalue weighted by atomic mass is 9.93. The molecule has 102 valence electrons. The zero-order valence-electron chi connectivity index (χ0n) is 11.8. The average molecular weight is 250 g/mol. The number of likely N-dealkylation sites (tertiary alicyclic amines) is 1. The van der Waals surface area contributed by atoms with Crippen LogP contribution in [0.1, 0.15) is 45.3 Å². The molecule has 0 amide bonds. The summed E-state index contributed by atoms with van der Waals surface area (Å²) in [6.07, 6.45) is 4.61. The first kappa shape index (κ1) is 13.6. The molecule has 0 radical (unpaired) electrons. The highest BCUT2D eigenvalue weighted by molar-refractivity contribution is 5.00. The molecule has 1 saturated heterocycles. The van der Waals surface area contributed by atoms with Crippen LogP contribution in [0.25, 0.3) is 0 Å². The molecule has 4 heteroatoms. The molecule has 0 aliphatic carbocycles. The van der Waals surface area contributed by atoms with Crippen LogP contribution in [-0.2, 0) is 6.54 Å². The molecule has 2 heterocycles. The smallest absolute Gasteiger partial charge is 0.0764 e. The molecule has 1 aromatic heterocycles. The number of hydrogen-bond donors (Lipinski definition) is 1. The van der Waals surface area contributed by atoms with Gasteiger partial charge in [0.05, 0.1) is 5.69 Å². The molecular weight excluding hydrogens is 224 g/mol. The zero-order valence-corrected chi connectivity index (χ0v) is 11.8. The number of aromatic nitrogens is 2. The fraction of sp³-hybridized carbons (Fsp3) is 0.786. The summed E-state index contributed by atoms with van der Waals surface area (Å²) in [6, 6.07) is 3.23. The molecule has 2 N–H and O–H groups in total. The van der Waals surface area contributed by atoms with Crippen molar-refractivity contribution in [3.05, 3.63) is 18.0 Å². The Balaban J connectivity index is 1.98. The quantitative estimate of drug-likeness (QED) is 0.889. The number of nitrogens with two attached hydrogens (primary N) is 1. The number of piperidine rings is 1. The van der Waals surface area contributed by atoms with Crippen molar-refractivity contribution >= 4 is 0 Å². The monoisotopic (exact) mass is 250 g/mol. The van der Waals surface area contributed by atoms with E-state index < -0.39 is 0 Å². The normalized spacial score (nSPS) is 25.8. The minimum absolute atomic E-state index is 0.439. The summed E-state index contributed by atoms with van der Waals surface area (Å²) in [6.45, 7) is 9.51. The van der Waals surface area contributed by atoms with Crippen LogP contribution in [0.15, 0.2) is 12.3 Å². The second kappa shape index (κ2) is 5.85. The average Bonchev–Trinajstić information content (AvgIpc) is 2.81. The summed E-state index contributed by atoms with van der Waals surface area (Å²) in [5.74, 6) is 0.661. The molecule has 0 bridgehead atoms. The lowest BCUT2D eigenvalue weighted by Crippen LogP contribution is -2.43. The third-order valence-corrected chi connectivity index (χ3v) is 4.00. The van der Waals surface area contributed by atoms with Crippen molar-refractivity contribution in [2.24, 2.45) is 11.7 Å². The maximum atomic E-state index is 5.80. The molecule has 2 unspecified atom stereocenters. The van der Waals surface area contributed by atoms with Crippen LogP contribution in [0.2, 0.25) is 0 Å². The fourth-order valence-electron chi connectivity index (χ4n) is 2.63. The Morgan fingerprint density at radius 3 is 2.83 bits per heavy atom. The second-order valence-electron chi connectivity index (χ2n) is 5.84. The van der Waals surface area contributed by atoms with E-state index in [-0.39, 0.29) is 0 Å². The molecule has 18 heavy (non-hydrogen) atoms. The summed E-state index contributed by atoms with van der Waals surface area (Å²) >= 11 is 0. The molecular formula is C14H26N4. The summed E-state index contributed by atoms with van der Waals surface area (Å²) in [7, 11) is 0. The number of nitrogens with zero attached hydrogens (tertiary/aromatic N) is 3. The molecule has 0 saturated carbocycles. The zero-order chi connectivity index (χ0) is 13.1. The molecule has 1 aliphatic rings. The Kier molecular flexibility index (Phi) is 4.40. The summed E-state index contributed by atoms with van der Waals surface area (Å²) in [5.41, 5.74) is 6.98. The largest absolute Gasteiger partial charge is 0.330 e. The third kappa shape index (κ3) is 3.12. The minimum atomic E-state index is 0.439. The summed E-state index contributed by atoms with van der Waals surface area (Å²) in [4.78, 5) is 2.52. The molecule has 2 rings (SSSR count). The van der Waals surface area contributed by atoms with Crippen LogP contribution in [0.5, 0.6) is 0 Å². The molecule has 4 nitrogen and oxygen atoms in total. The number of rotatable bonds is 4. The van der Waals surface area contributed by atoms with Gasteiger partial charge in [0.1, 0.15) is 0 Å². The van der Waals surface area contributed by atoms with E-state index in [9.17, 15) is 0 Å². The van der Waals surface area contributed by atoms with Crippen molar-refractivity contribution in [2.75, 3.05) is 13.1 Å². The maximum absolute atomic E-state index is 5.80. The van der Waals surface area contributed by atoms with Crippen molar-refractivity contribution in [3.63, 3.8) is 0 Å². The van der Waals surface area contributed by atoms with Gasteiger partial charge in [-0.2, -0.15) is 5.10 Å². The van der Waals surface area contributed by atoms with Gasteiger partial charge >= 0.3 is 0 Å². The van der Waals surface area contributed by atoms with E-state index in [1.54, 1.807) is 0 Å².